The zero-order valence-corrected chi connectivity index (χ0v) is 14.0. The summed E-state index contributed by atoms with van der Waals surface area (Å²) in [5.74, 6) is 0.874. The Morgan fingerprint density at radius 2 is 2.17 bits per heavy atom. The molecule has 0 amide bonds. The molecule has 0 unspecified atom stereocenters. The normalized spacial score (nSPS) is 11.2. The van der Waals surface area contributed by atoms with Crippen LogP contribution in [0.3, 0.4) is 0 Å². The quantitative estimate of drug-likeness (QED) is 0.502. The van der Waals surface area contributed by atoms with Crippen LogP contribution in [0.5, 0.6) is 0 Å². The van der Waals surface area contributed by atoms with Gasteiger partial charge in [0, 0.05) is 22.4 Å². The maximum absolute atomic E-state index is 5.91. The van der Waals surface area contributed by atoms with Crippen molar-refractivity contribution in [1.29, 1.82) is 0 Å². The number of hydrogen-bond donors (Lipinski definition) is 3. The standard InChI is InChI=1S/C15H13ClN6OS/c16-12-4-2-9(24-12)5-6-18-15-22-21-14(23-15)8-1-3-11-10(7-8)13(17)20-19-11/h1-4,7H,5-6H2,(H,18,22)(H3,17,19,20). The van der Waals surface area contributed by atoms with Crippen molar-refractivity contribution < 1.29 is 4.42 Å². The van der Waals surface area contributed by atoms with Crippen molar-refractivity contribution in [3.63, 3.8) is 0 Å². The molecule has 0 fully saturated rings. The largest absolute Gasteiger partial charge is 0.403 e. The lowest BCUT2D eigenvalue weighted by Gasteiger charge is -1.99. The van der Waals surface area contributed by atoms with E-state index in [-0.39, 0.29) is 0 Å². The molecule has 0 aliphatic carbocycles. The lowest BCUT2D eigenvalue weighted by atomic mass is 10.1. The first-order valence-electron chi connectivity index (χ1n) is 7.24. The molecule has 1 aromatic carbocycles. The van der Waals surface area contributed by atoms with E-state index in [9.17, 15) is 0 Å². The van der Waals surface area contributed by atoms with Crippen LogP contribution in [-0.4, -0.2) is 26.9 Å². The van der Waals surface area contributed by atoms with Crippen molar-refractivity contribution in [2.75, 3.05) is 17.6 Å². The predicted molar refractivity (Wildman–Crippen MR) is 95.3 cm³/mol. The fraction of sp³-hybridized carbons (Fsp3) is 0.133. The monoisotopic (exact) mass is 360 g/mol. The van der Waals surface area contributed by atoms with Gasteiger partial charge in [-0.1, -0.05) is 16.7 Å². The van der Waals surface area contributed by atoms with Gasteiger partial charge in [-0.15, -0.1) is 16.4 Å². The number of anilines is 2. The van der Waals surface area contributed by atoms with Crippen molar-refractivity contribution in [3.8, 4) is 11.5 Å². The van der Waals surface area contributed by atoms with Gasteiger partial charge in [0.25, 0.3) is 0 Å². The molecule has 0 aliphatic rings. The summed E-state index contributed by atoms with van der Waals surface area (Å²) >= 11 is 7.48. The molecule has 3 heterocycles. The first-order valence-corrected chi connectivity index (χ1v) is 8.44. The summed E-state index contributed by atoms with van der Waals surface area (Å²) in [6.07, 6.45) is 0.840. The molecule has 0 saturated carbocycles. The van der Waals surface area contributed by atoms with Crippen LogP contribution < -0.4 is 11.1 Å². The Bertz CT molecular complexity index is 991. The number of nitrogen functional groups attached to an aromatic ring is 1. The zero-order chi connectivity index (χ0) is 16.5. The van der Waals surface area contributed by atoms with Crippen LogP contribution in [0.15, 0.2) is 34.7 Å². The molecule has 3 aromatic heterocycles. The molecule has 9 heteroatoms. The summed E-state index contributed by atoms with van der Waals surface area (Å²) < 4.78 is 6.44. The third kappa shape index (κ3) is 2.93. The Hall–Kier alpha value is -2.58. The molecule has 24 heavy (non-hydrogen) atoms. The lowest BCUT2D eigenvalue weighted by molar-refractivity contribution is 0.581. The second-order valence-corrected chi connectivity index (χ2v) is 6.96. The number of hydrogen-bond acceptors (Lipinski definition) is 7. The molecule has 4 aromatic rings. The van der Waals surface area contributed by atoms with E-state index in [4.69, 9.17) is 21.8 Å². The van der Waals surface area contributed by atoms with E-state index in [1.165, 1.54) is 4.88 Å². The summed E-state index contributed by atoms with van der Waals surface area (Å²) in [5, 5.41) is 18.9. The number of rotatable bonds is 5. The minimum atomic E-state index is 0.382. The van der Waals surface area contributed by atoms with Crippen LogP contribution in [-0.2, 0) is 6.42 Å². The highest BCUT2D eigenvalue weighted by atomic mass is 35.5. The number of nitrogens with two attached hydrogens (primary N) is 1. The molecule has 122 valence electrons. The number of nitrogens with one attached hydrogen (secondary N) is 2. The Balaban J connectivity index is 1.46. The average Bonchev–Trinajstić information content (AvgIpc) is 3.29. The van der Waals surface area contributed by atoms with Crippen LogP contribution in [0.2, 0.25) is 4.34 Å². The molecule has 0 aliphatic heterocycles. The van der Waals surface area contributed by atoms with E-state index in [1.807, 2.05) is 30.3 Å². The highest BCUT2D eigenvalue weighted by Gasteiger charge is 2.11. The first-order chi connectivity index (χ1) is 11.7. The van der Waals surface area contributed by atoms with Crippen LogP contribution in [0.1, 0.15) is 4.88 Å². The third-order valence-corrected chi connectivity index (χ3v) is 4.83. The molecule has 0 bridgehead atoms. The van der Waals surface area contributed by atoms with Gasteiger partial charge < -0.3 is 15.5 Å². The number of nitrogens with zero attached hydrogens (tertiary/aromatic N) is 3. The summed E-state index contributed by atoms with van der Waals surface area (Å²) in [6.45, 7) is 0.687. The number of H-pyrrole nitrogens is 1. The molecule has 4 N–H and O–H groups in total. The molecule has 7 nitrogen and oxygen atoms in total. The van der Waals surface area contributed by atoms with Crippen molar-refractivity contribution in [3.05, 3.63) is 39.5 Å². The number of thiophene rings is 1. The number of aromatic nitrogens is 4. The molecule has 0 radical (unpaired) electrons. The Kier molecular flexibility index (Phi) is 3.83. The van der Waals surface area contributed by atoms with Gasteiger partial charge >= 0.3 is 6.01 Å². The highest BCUT2D eigenvalue weighted by molar-refractivity contribution is 7.16. The van der Waals surface area contributed by atoms with Crippen molar-refractivity contribution in [2.45, 2.75) is 6.42 Å². The summed E-state index contributed by atoms with van der Waals surface area (Å²) in [7, 11) is 0. The van der Waals surface area contributed by atoms with E-state index in [1.54, 1.807) is 11.3 Å². The number of benzene rings is 1. The molecular formula is C15H13ClN6OS. The summed E-state index contributed by atoms with van der Waals surface area (Å²) in [6, 6.07) is 9.92. The highest BCUT2D eigenvalue weighted by Crippen LogP contribution is 2.26. The van der Waals surface area contributed by atoms with E-state index < -0.39 is 0 Å². The fourth-order valence-electron chi connectivity index (χ4n) is 2.36. The van der Waals surface area contributed by atoms with Crippen LogP contribution >= 0.6 is 22.9 Å². The lowest BCUT2D eigenvalue weighted by Crippen LogP contribution is -2.03. The Morgan fingerprint density at radius 3 is 3.00 bits per heavy atom. The van der Waals surface area contributed by atoms with Gasteiger partial charge in [0.15, 0.2) is 5.82 Å². The minimum Gasteiger partial charge on any atom is -0.403 e. The predicted octanol–water partition coefficient (Wildman–Crippen LogP) is 3.56. The average molecular weight is 361 g/mol. The first kappa shape index (κ1) is 15.0. The Labute approximate surface area is 145 Å². The molecule has 0 saturated heterocycles. The van der Waals surface area contributed by atoms with E-state index >= 15 is 0 Å². The minimum absolute atomic E-state index is 0.382. The van der Waals surface area contributed by atoms with E-state index in [0.717, 1.165) is 27.2 Å². The molecular weight excluding hydrogens is 348 g/mol. The van der Waals surface area contributed by atoms with Crippen molar-refractivity contribution in [2.24, 2.45) is 0 Å². The molecule has 0 spiro atoms. The maximum Gasteiger partial charge on any atom is 0.315 e. The SMILES string of the molecule is Nc1n[nH]c2ccc(-c3nnc(NCCc4ccc(Cl)s4)o3)cc12. The van der Waals surface area contributed by atoms with Crippen molar-refractivity contribution in [1.82, 2.24) is 20.4 Å². The zero-order valence-electron chi connectivity index (χ0n) is 12.4. The fourth-order valence-corrected chi connectivity index (χ4v) is 3.44. The van der Waals surface area contributed by atoms with Gasteiger partial charge in [-0.05, 0) is 36.8 Å². The van der Waals surface area contributed by atoms with Crippen LogP contribution in [0, 0.1) is 0 Å². The summed E-state index contributed by atoms with van der Waals surface area (Å²) in [5.41, 5.74) is 7.48. The van der Waals surface area contributed by atoms with E-state index in [2.05, 4.69) is 25.7 Å². The maximum atomic E-state index is 5.91. The second kappa shape index (κ2) is 6.14. The topological polar surface area (TPSA) is 106 Å². The number of fused-ring (bicyclic) bond motifs is 1. The van der Waals surface area contributed by atoms with Gasteiger partial charge in [-0.25, -0.2) is 0 Å². The van der Waals surface area contributed by atoms with Gasteiger partial charge in [-0.2, -0.15) is 5.10 Å². The second-order valence-electron chi connectivity index (χ2n) is 5.16. The Morgan fingerprint density at radius 1 is 1.25 bits per heavy atom. The van der Waals surface area contributed by atoms with Gasteiger partial charge in [0.2, 0.25) is 5.89 Å². The number of aromatic amines is 1. The van der Waals surface area contributed by atoms with Crippen LogP contribution in [0.25, 0.3) is 22.4 Å². The van der Waals surface area contributed by atoms with Gasteiger partial charge in [0.05, 0.1) is 9.85 Å². The molecule has 0 atom stereocenters. The molecule has 4 rings (SSSR count). The third-order valence-electron chi connectivity index (χ3n) is 3.54. The van der Waals surface area contributed by atoms with Crippen LogP contribution in [0.4, 0.5) is 11.8 Å². The van der Waals surface area contributed by atoms with Gasteiger partial charge in [-0.3, -0.25) is 5.10 Å². The van der Waals surface area contributed by atoms with Crippen molar-refractivity contribution >= 4 is 45.7 Å². The van der Waals surface area contributed by atoms with E-state index in [0.29, 0.717) is 24.3 Å². The number of halogens is 1. The van der Waals surface area contributed by atoms with Gasteiger partial charge in [0.1, 0.15) is 0 Å². The smallest absolute Gasteiger partial charge is 0.315 e. The summed E-state index contributed by atoms with van der Waals surface area (Å²) in [4.78, 5) is 1.20.